The maximum absolute atomic E-state index is 11.8. The largest absolute Gasteiger partial charge is 0.478 e. The van der Waals surface area contributed by atoms with Crippen LogP contribution in [0.2, 0.25) is 5.02 Å². The van der Waals surface area contributed by atoms with E-state index in [2.05, 4.69) is 24.5 Å². The van der Waals surface area contributed by atoms with Crippen molar-refractivity contribution in [3.8, 4) is 0 Å². The molecule has 0 aromatic heterocycles. The summed E-state index contributed by atoms with van der Waals surface area (Å²) in [5.74, 6) is -0.344. The van der Waals surface area contributed by atoms with Crippen LogP contribution in [0.1, 0.15) is 31.1 Å². The zero-order valence-electron chi connectivity index (χ0n) is 11.7. The number of carboxylic acids is 1. The Bertz CT molecular complexity index is 503. The van der Waals surface area contributed by atoms with Crippen molar-refractivity contribution in [1.82, 2.24) is 5.32 Å². The lowest BCUT2D eigenvalue weighted by Crippen LogP contribution is -2.34. The third-order valence-corrected chi connectivity index (χ3v) is 3.42. The van der Waals surface area contributed by atoms with Crippen molar-refractivity contribution in [3.63, 3.8) is 0 Å². The highest BCUT2D eigenvalue weighted by Gasteiger charge is 2.14. The van der Waals surface area contributed by atoms with Gasteiger partial charge in [-0.15, -0.1) is 0 Å². The van der Waals surface area contributed by atoms with Gasteiger partial charge in [0.05, 0.1) is 11.3 Å². The zero-order valence-corrected chi connectivity index (χ0v) is 12.5. The fourth-order valence-corrected chi connectivity index (χ4v) is 1.63. The Hall–Kier alpha value is -1.75. The summed E-state index contributed by atoms with van der Waals surface area (Å²) in [5, 5.41) is 14.6. The number of rotatable bonds is 5. The van der Waals surface area contributed by atoms with Gasteiger partial charge in [0.2, 0.25) is 0 Å². The third kappa shape index (κ3) is 4.74. The normalized spacial score (nSPS) is 12.1. The summed E-state index contributed by atoms with van der Waals surface area (Å²) in [6.07, 6.45) is 0. The SMILES string of the molecule is CC(C)C(C)CNC(=O)Nc1ccc(Cl)cc1C(=O)O. The molecule has 0 aliphatic heterocycles. The van der Waals surface area contributed by atoms with E-state index in [0.717, 1.165) is 0 Å². The standard InChI is InChI=1S/C14H19ClN2O3/c1-8(2)9(3)7-16-14(20)17-12-5-4-10(15)6-11(12)13(18)19/h4-6,8-9H,7H2,1-3H3,(H,18,19)(H2,16,17,20). The maximum atomic E-state index is 11.8. The average Bonchev–Trinajstić information content (AvgIpc) is 2.37. The number of carbonyl (C=O) groups excluding carboxylic acids is 1. The molecule has 20 heavy (non-hydrogen) atoms. The van der Waals surface area contributed by atoms with Gasteiger partial charge in [-0.25, -0.2) is 9.59 Å². The Morgan fingerprint density at radius 3 is 2.50 bits per heavy atom. The quantitative estimate of drug-likeness (QED) is 0.779. The van der Waals surface area contributed by atoms with Crippen LogP contribution < -0.4 is 10.6 Å². The number of aromatic carboxylic acids is 1. The molecule has 1 aromatic rings. The number of hydrogen-bond donors (Lipinski definition) is 3. The minimum atomic E-state index is -1.14. The second kappa shape index (κ2) is 7.14. The van der Waals surface area contributed by atoms with Crippen LogP contribution >= 0.6 is 11.6 Å². The van der Waals surface area contributed by atoms with Gasteiger partial charge in [0.15, 0.2) is 0 Å². The lowest BCUT2D eigenvalue weighted by molar-refractivity contribution is 0.0698. The molecule has 2 amide bonds. The van der Waals surface area contributed by atoms with Gasteiger partial charge >= 0.3 is 12.0 Å². The van der Waals surface area contributed by atoms with Crippen molar-refractivity contribution in [2.75, 3.05) is 11.9 Å². The molecular weight excluding hydrogens is 280 g/mol. The summed E-state index contributed by atoms with van der Waals surface area (Å²) in [7, 11) is 0. The molecule has 0 spiro atoms. The number of carbonyl (C=O) groups is 2. The van der Waals surface area contributed by atoms with E-state index in [4.69, 9.17) is 16.7 Å². The lowest BCUT2D eigenvalue weighted by atomic mass is 9.98. The van der Waals surface area contributed by atoms with E-state index >= 15 is 0 Å². The van der Waals surface area contributed by atoms with E-state index in [1.54, 1.807) is 0 Å². The number of nitrogens with one attached hydrogen (secondary N) is 2. The van der Waals surface area contributed by atoms with Crippen LogP contribution in [-0.4, -0.2) is 23.7 Å². The Morgan fingerprint density at radius 1 is 1.30 bits per heavy atom. The monoisotopic (exact) mass is 298 g/mol. The van der Waals surface area contributed by atoms with Crippen LogP contribution in [0, 0.1) is 11.8 Å². The number of urea groups is 1. The average molecular weight is 299 g/mol. The summed E-state index contributed by atoms with van der Waals surface area (Å²) in [6, 6.07) is 3.87. The highest BCUT2D eigenvalue weighted by molar-refractivity contribution is 6.31. The number of benzene rings is 1. The fraction of sp³-hybridized carbons (Fsp3) is 0.429. The molecule has 110 valence electrons. The van der Waals surface area contributed by atoms with Crippen molar-refractivity contribution >= 4 is 29.3 Å². The van der Waals surface area contributed by atoms with Crippen LogP contribution in [0.3, 0.4) is 0 Å². The van der Waals surface area contributed by atoms with E-state index in [1.165, 1.54) is 18.2 Å². The summed E-state index contributed by atoms with van der Waals surface area (Å²) < 4.78 is 0. The first-order valence-corrected chi connectivity index (χ1v) is 6.76. The Balaban J connectivity index is 2.69. The summed E-state index contributed by atoms with van der Waals surface area (Å²) in [6.45, 7) is 6.72. The molecule has 0 bridgehead atoms. The molecule has 1 rings (SSSR count). The molecule has 3 N–H and O–H groups in total. The first-order valence-electron chi connectivity index (χ1n) is 6.39. The van der Waals surface area contributed by atoms with Crippen molar-refractivity contribution in [1.29, 1.82) is 0 Å². The molecule has 1 atom stereocenters. The molecule has 0 radical (unpaired) electrons. The van der Waals surface area contributed by atoms with Crippen LogP contribution in [0.25, 0.3) is 0 Å². The van der Waals surface area contributed by atoms with Gasteiger partial charge in [-0.3, -0.25) is 0 Å². The van der Waals surface area contributed by atoms with Crippen LogP contribution in [0.4, 0.5) is 10.5 Å². The van der Waals surface area contributed by atoms with Crippen LogP contribution in [0.15, 0.2) is 18.2 Å². The summed E-state index contributed by atoms with van der Waals surface area (Å²) in [4.78, 5) is 22.8. The molecule has 5 nitrogen and oxygen atoms in total. The maximum Gasteiger partial charge on any atom is 0.337 e. The van der Waals surface area contributed by atoms with Gasteiger partial charge in [-0.1, -0.05) is 32.4 Å². The molecule has 1 aromatic carbocycles. The number of halogens is 1. The van der Waals surface area contributed by atoms with E-state index in [1.807, 2.05) is 6.92 Å². The number of anilines is 1. The Morgan fingerprint density at radius 2 is 1.95 bits per heavy atom. The molecule has 6 heteroatoms. The highest BCUT2D eigenvalue weighted by atomic mass is 35.5. The summed E-state index contributed by atoms with van der Waals surface area (Å²) >= 11 is 5.74. The van der Waals surface area contributed by atoms with E-state index in [9.17, 15) is 9.59 Å². The first kappa shape index (κ1) is 16.3. The number of hydrogen-bond acceptors (Lipinski definition) is 2. The second-order valence-corrected chi connectivity index (χ2v) is 5.49. The number of carboxylic acid groups (broad SMARTS) is 1. The number of amides is 2. The van der Waals surface area contributed by atoms with Crippen molar-refractivity contribution in [3.05, 3.63) is 28.8 Å². The smallest absolute Gasteiger partial charge is 0.337 e. The minimum absolute atomic E-state index is 0.0374. The molecule has 0 aliphatic rings. The van der Waals surface area contributed by atoms with E-state index in [-0.39, 0.29) is 11.3 Å². The van der Waals surface area contributed by atoms with E-state index < -0.39 is 12.0 Å². The van der Waals surface area contributed by atoms with Crippen LogP contribution in [-0.2, 0) is 0 Å². The predicted molar refractivity (Wildman–Crippen MR) is 79.4 cm³/mol. The van der Waals surface area contributed by atoms with E-state index in [0.29, 0.717) is 23.4 Å². The molecule has 0 aliphatic carbocycles. The van der Waals surface area contributed by atoms with Gasteiger partial charge in [0.1, 0.15) is 0 Å². The van der Waals surface area contributed by atoms with Crippen molar-refractivity contribution in [2.24, 2.45) is 11.8 Å². The van der Waals surface area contributed by atoms with Crippen molar-refractivity contribution in [2.45, 2.75) is 20.8 Å². The van der Waals surface area contributed by atoms with Crippen LogP contribution in [0.5, 0.6) is 0 Å². The minimum Gasteiger partial charge on any atom is -0.478 e. The Labute approximate surface area is 123 Å². The third-order valence-electron chi connectivity index (χ3n) is 3.18. The van der Waals surface area contributed by atoms with Gasteiger partial charge in [0, 0.05) is 11.6 Å². The first-order chi connectivity index (χ1) is 9.31. The van der Waals surface area contributed by atoms with Gasteiger partial charge in [0.25, 0.3) is 0 Å². The van der Waals surface area contributed by atoms with Crippen molar-refractivity contribution < 1.29 is 14.7 Å². The fourth-order valence-electron chi connectivity index (χ4n) is 1.46. The van der Waals surface area contributed by atoms with Gasteiger partial charge in [-0.2, -0.15) is 0 Å². The molecule has 1 unspecified atom stereocenters. The van der Waals surface area contributed by atoms with Gasteiger partial charge in [-0.05, 0) is 30.0 Å². The molecule has 0 saturated carbocycles. The van der Waals surface area contributed by atoms with Gasteiger partial charge < -0.3 is 15.7 Å². The molecule has 0 heterocycles. The summed E-state index contributed by atoms with van der Waals surface area (Å²) in [5.41, 5.74) is 0.182. The molecule has 0 fully saturated rings. The predicted octanol–water partition coefficient (Wildman–Crippen LogP) is 3.45. The zero-order chi connectivity index (χ0) is 15.3. The lowest BCUT2D eigenvalue weighted by Gasteiger charge is -2.16. The second-order valence-electron chi connectivity index (χ2n) is 5.05. The highest BCUT2D eigenvalue weighted by Crippen LogP contribution is 2.20. The molecular formula is C14H19ClN2O3. The topological polar surface area (TPSA) is 78.4 Å². The Kier molecular flexibility index (Phi) is 5.82. The molecule has 0 saturated heterocycles.